The van der Waals surface area contributed by atoms with Gasteiger partial charge in [-0.3, -0.25) is 0 Å². The zero-order valence-corrected chi connectivity index (χ0v) is 4.85. The Kier molecular flexibility index (Phi) is 1.44. The van der Waals surface area contributed by atoms with Gasteiger partial charge in [0.05, 0.1) is 6.61 Å². The minimum absolute atomic E-state index is 0.158. The summed E-state index contributed by atoms with van der Waals surface area (Å²) in [6.45, 7) is -0.347. The van der Waals surface area contributed by atoms with Gasteiger partial charge < -0.3 is 10.8 Å². The monoisotopic (exact) mass is 137 g/mol. The van der Waals surface area contributed by atoms with Crippen molar-refractivity contribution in [1.82, 2.24) is 0 Å². The van der Waals surface area contributed by atoms with E-state index < -0.39 is 17.9 Å². The third-order valence-corrected chi connectivity index (χ3v) is 1.60. The third-order valence-electron chi connectivity index (χ3n) is 1.60. The predicted octanol–water partition coefficient (Wildman–Crippen LogP) is -0.0388. The zero-order chi connectivity index (χ0) is 7.07. The fourth-order valence-corrected chi connectivity index (χ4v) is 0.826. The number of alkyl halides is 2. The van der Waals surface area contributed by atoms with Crippen LogP contribution in [0, 0.1) is 5.92 Å². The molecule has 0 amide bonds. The second-order valence-corrected chi connectivity index (χ2v) is 2.42. The van der Waals surface area contributed by atoms with Gasteiger partial charge in [0, 0.05) is 18.4 Å². The van der Waals surface area contributed by atoms with Gasteiger partial charge in [0.2, 0.25) is 0 Å². The second kappa shape index (κ2) is 1.88. The van der Waals surface area contributed by atoms with E-state index in [2.05, 4.69) is 0 Å². The second-order valence-electron chi connectivity index (χ2n) is 2.42. The summed E-state index contributed by atoms with van der Waals surface area (Å²) in [5, 5.41) is 8.32. The molecule has 4 heteroatoms. The molecule has 2 unspecified atom stereocenters. The Morgan fingerprint density at radius 2 is 2.22 bits per heavy atom. The van der Waals surface area contributed by atoms with Gasteiger partial charge in [-0.15, -0.1) is 0 Å². The summed E-state index contributed by atoms with van der Waals surface area (Å²) in [7, 11) is 0. The van der Waals surface area contributed by atoms with E-state index in [9.17, 15) is 8.78 Å². The van der Waals surface area contributed by atoms with Gasteiger partial charge in [-0.2, -0.15) is 0 Å². The number of hydrogen-bond donors (Lipinski definition) is 2. The molecular weight excluding hydrogens is 128 g/mol. The lowest BCUT2D eigenvalue weighted by Crippen LogP contribution is -2.29. The van der Waals surface area contributed by atoms with E-state index in [1.165, 1.54) is 0 Å². The van der Waals surface area contributed by atoms with Crippen molar-refractivity contribution in [3.8, 4) is 0 Å². The molecule has 2 nitrogen and oxygen atoms in total. The quantitative estimate of drug-likeness (QED) is 0.561. The first-order valence-electron chi connectivity index (χ1n) is 2.82. The van der Waals surface area contributed by atoms with Crippen molar-refractivity contribution in [1.29, 1.82) is 0 Å². The van der Waals surface area contributed by atoms with Gasteiger partial charge in [-0.05, 0) is 0 Å². The fourth-order valence-electron chi connectivity index (χ4n) is 0.826. The van der Waals surface area contributed by atoms with Crippen LogP contribution in [0.15, 0.2) is 0 Å². The van der Waals surface area contributed by atoms with Crippen molar-refractivity contribution in [2.45, 2.75) is 18.4 Å². The van der Waals surface area contributed by atoms with Crippen LogP contribution in [0.1, 0.15) is 6.42 Å². The summed E-state index contributed by atoms with van der Waals surface area (Å²) in [6, 6.07) is -0.736. The smallest absolute Gasteiger partial charge is 0.253 e. The van der Waals surface area contributed by atoms with Crippen LogP contribution in [0.4, 0.5) is 8.78 Å². The summed E-state index contributed by atoms with van der Waals surface area (Å²) in [4.78, 5) is 0. The van der Waals surface area contributed by atoms with Crippen LogP contribution < -0.4 is 5.73 Å². The van der Waals surface area contributed by atoms with Crippen molar-refractivity contribution < 1.29 is 13.9 Å². The third kappa shape index (κ3) is 1.19. The lowest BCUT2D eigenvalue weighted by molar-refractivity contribution is 0.0858. The normalized spacial score (nSPS) is 34.0. The molecule has 0 saturated heterocycles. The van der Waals surface area contributed by atoms with Crippen LogP contribution >= 0.6 is 0 Å². The summed E-state index contributed by atoms with van der Waals surface area (Å²) >= 11 is 0. The van der Waals surface area contributed by atoms with Crippen LogP contribution in [0.2, 0.25) is 0 Å². The molecule has 1 aliphatic rings. The largest absolute Gasteiger partial charge is 0.395 e. The molecule has 0 spiro atoms. The molecule has 2 atom stereocenters. The van der Waals surface area contributed by atoms with Crippen molar-refractivity contribution >= 4 is 0 Å². The standard InChI is InChI=1S/C5H9F2NO/c6-5(7)1-3(5)4(8)2-9/h3-4,9H,1-2,8H2. The van der Waals surface area contributed by atoms with E-state index in [1.54, 1.807) is 0 Å². The Balaban J connectivity index is 2.33. The summed E-state index contributed by atoms with van der Waals surface area (Å²) in [5.74, 6) is -3.37. The van der Waals surface area contributed by atoms with Crippen molar-refractivity contribution in [3.05, 3.63) is 0 Å². The first-order valence-corrected chi connectivity index (χ1v) is 2.82. The molecule has 54 valence electrons. The maximum Gasteiger partial charge on any atom is 0.253 e. The molecule has 9 heavy (non-hydrogen) atoms. The lowest BCUT2D eigenvalue weighted by Gasteiger charge is -2.04. The van der Waals surface area contributed by atoms with Crippen molar-refractivity contribution in [3.63, 3.8) is 0 Å². The number of aliphatic hydroxyl groups excluding tert-OH is 1. The van der Waals surface area contributed by atoms with E-state index in [0.29, 0.717) is 0 Å². The van der Waals surface area contributed by atoms with Gasteiger partial charge in [-0.1, -0.05) is 0 Å². The van der Waals surface area contributed by atoms with Crippen molar-refractivity contribution in [2.24, 2.45) is 11.7 Å². The molecule has 1 aliphatic carbocycles. The van der Waals surface area contributed by atoms with E-state index in [0.717, 1.165) is 0 Å². The van der Waals surface area contributed by atoms with Crippen LogP contribution in [-0.4, -0.2) is 23.7 Å². The molecule has 0 heterocycles. The van der Waals surface area contributed by atoms with Gasteiger partial charge in [-0.25, -0.2) is 8.78 Å². The Bertz CT molecular complexity index is 118. The van der Waals surface area contributed by atoms with Crippen LogP contribution in [-0.2, 0) is 0 Å². The molecule has 1 saturated carbocycles. The van der Waals surface area contributed by atoms with Gasteiger partial charge in [0.1, 0.15) is 0 Å². The summed E-state index contributed by atoms with van der Waals surface area (Å²) in [6.07, 6.45) is -0.158. The molecule has 3 N–H and O–H groups in total. The molecule has 0 bridgehead atoms. The van der Waals surface area contributed by atoms with E-state index in [-0.39, 0.29) is 13.0 Å². The van der Waals surface area contributed by atoms with Crippen LogP contribution in [0.5, 0.6) is 0 Å². The number of nitrogens with two attached hydrogens (primary N) is 1. The highest BCUT2D eigenvalue weighted by Gasteiger charge is 2.59. The lowest BCUT2D eigenvalue weighted by atomic mass is 10.2. The SMILES string of the molecule is NC(CO)C1CC1(F)F. The summed E-state index contributed by atoms with van der Waals surface area (Å²) in [5.41, 5.74) is 5.12. The molecule has 0 aromatic rings. The van der Waals surface area contributed by atoms with E-state index in [4.69, 9.17) is 10.8 Å². The highest BCUT2D eigenvalue weighted by Crippen LogP contribution is 2.49. The zero-order valence-electron chi connectivity index (χ0n) is 4.85. The predicted molar refractivity (Wildman–Crippen MR) is 28.1 cm³/mol. The topological polar surface area (TPSA) is 46.2 Å². The van der Waals surface area contributed by atoms with Gasteiger partial charge >= 0.3 is 0 Å². The average Bonchev–Trinajstić information content (AvgIpc) is 2.38. The Morgan fingerprint density at radius 1 is 1.78 bits per heavy atom. The van der Waals surface area contributed by atoms with Gasteiger partial charge in [0.15, 0.2) is 0 Å². The first kappa shape index (κ1) is 6.89. The first-order chi connectivity index (χ1) is 4.08. The molecule has 0 aromatic heterocycles. The van der Waals surface area contributed by atoms with E-state index >= 15 is 0 Å². The maximum atomic E-state index is 12.0. The minimum atomic E-state index is -2.60. The Hall–Kier alpha value is -0.220. The highest BCUT2D eigenvalue weighted by molar-refractivity contribution is 5.00. The molecule has 1 fully saturated rings. The van der Waals surface area contributed by atoms with Crippen LogP contribution in [0.25, 0.3) is 0 Å². The Morgan fingerprint density at radius 3 is 2.33 bits per heavy atom. The van der Waals surface area contributed by atoms with Crippen molar-refractivity contribution in [2.75, 3.05) is 6.61 Å². The molecule has 1 rings (SSSR count). The fraction of sp³-hybridized carbons (Fsp3) is 1.00. The molecule has 0 aromatic carbocycles. The number of halogens is 2. The molecular formula is C5H9F2NO. The molecule has 0 radical (unpaired) electrons. The molecule has 0 aliphatic heterocycles. The Labute approximate surface area is 51.7 Å². The van der Waals surface area contributed by atoms with E-state index in [1.807, 2.05) is 0 Å². The average molecular weight is 137 g/mol. The highest BCUT2D eigenvalue weighted by atomic mass is 19.3. The maximum absolute atomic E-state index is 12.0. The minimum Gasteiger partial charge on any atom is -0.395 e. The number of rotatable bonds is 2. The number of aliphatic hydroxyl groups is 1. The van der Waals surface area contributed by atoms with Gasteiger partial charge in [0.25, 0.3) is 5.92 Å². The number of hydrogen-bond acceptors (Lipinski definition) is 2. The summed E-state index contributed by atoms with van der Waals surface area (Å²) < 4.78 is 24.1. The van der Waals surface area contributed by atoms with Crippen LogP contribution in [0.3, 0.4) is 0 Å².